The largest absolute Gasteiger partial charge is 0.447 e. The molecule has 88 valence electrons. The summed E-state index contributed by atoms with van der Waals surface area (Å²) < 4.78 is 15.1. The van der Waals surface area contributed by atoms with Crippen molar-refractivity contribution >= 4 is 15.9 Å². The molecule has 1 aliphatic heterocycles. The number of carbonyl (C=O) groups is 1. The molecule has 0 bridgehead atoms. The van der Waals surface area contributed by atoms with Gasteiger partial charge in [-0.3, -0.25) is 0 Å². The Morgan fingerprint density at radius 1 is 1.60 bits per heavy atom. The van der Waals surface area contributed by atoms with E-state index in [0.29, 0.717) is 13.2 Å². The molecule has 0 aliphatic carbocycles. The predicted molar refractivity (Wildman–Crippen MR) is 58.7 cm³/mol. The molecule has 1 rings (SSSR count). The molecule has 0 aromatic rings. The van der Waals surface area contributed by atoms with Crippen LogP contribution in [-0.4, -0.2) is 48.3 Å². The van der Waals surface area contributed by atoms with Crippen molar-refractivity contribution in [2.24, 2.45) is 0 Å². The van der Waals surface area contributed by atoms with Crippen molar-refractivity contribution in [3.05, 3.63) is 0 Å². The van der Waals surface area contributed by atoms with Gasteiger partial charge in [-0.15, -0.1) is 0 Å². The molecule has 0 saturated carbocycles. The second-order valence-electron chi connectivity index (χ2n) is 3.60. The predicted octanol–water partition coefficient (Wildman–Crippen LogP) is 0.0385. The Kier molecular flexibility index (Phi) is 5.67. The van der Waals surface area contributed by atoms with E-state index in [4.69, 9.17) is 13.9 Å². The van der Waals surface area contributed by atoms with E-state index in [-0.39, 0.29) is 28.1 Å². The molecule has 2 unspecified atom stereocenters. The van der Waals surface area contributed by atoms with Gasteiger partial charge in [-0.25, -0.2) is 4.79 Å². The number of rotatable bonds is 7. The summed E-state index contributed by atoms with van der Waals surface area (Å²) in [6.45, 7) is 2.98. The van der Waals surface area contributed by atoms with Gasteiger partial charge < -0.3 is 19.2 Å². The summed E-state index contributed by atoms with van der Waals surface area (Å²) in [7, 11) is 1.37. The normalized spacial score (nSPS) is 24.4. The zero-order valence-corrected chi connectivity index (χ0v) is 10.7. The number of alkyl carbamates (subject to hydrolysis) is 1. The van der Waals surface area contributed by atoms with Gasteiger partial charge >= 0.3 is 6.09 Å². The standard InChI is InChI=1S/C9H19NO4Si/c1-7-8(14-7)6-13-9(11)10-4-3-5-15-12-2/h7-8H,3-6,15H2,1-2H3,(H,10,11). The minimum absolute atomic E-state index is 0.108. The Bertz CT molecular complexity index is 203. The van der Waals surface area contributed by atoms with Crippen LogP contribution < -0.4 is 5.32 Å². The fourth-order valence-corrected chi connectivity index (χ4v) is 1.92. The molecule has 0 radical (unpaired) electrons. The Hall–Kier alpha value is -0.593. The lowest BCUT2D eigenvalue weighted by Crippen LogP contribution is -2.27. The fourth-order valence-electron chi connectivity index (χ4n) is 1.18. The number of amides is 1. The number of hydrogen-bond acceptors (Lipinski definition) is 4. The molecule has 1 saturated heterocycles. The third-order valence-electron chi connectivity index (χ3n) is 2.26. The first-order valence-electron chi connectivity index (χ1n) is 5.29. The smallest absolute Gasteiger partial charge is 0.407 e. The average Bonchev–Trinajstić information content (AvgIpc) is 2.91. The zero-order valence-electron chi connectivity index (χ0n) is 9.32. The molecular formula is C9H19NO4Si. The summed E-state index contributed by atoms with van der Waals surface area (Å²) in [6, 6.07) is 1.08. The molecular weight excluding hydrogens is 214 g/mol. The number of hydrogen-bond donors (Lipinski definition) is 1. The Labute approximate surface area is 92.4 Å². The molecule has 2 atom stereocenters. The molecule has 6 heteroatoms. The lowest BCUT2D eigenvalue weighted by Gasteiger charge is -2.05. The van der Waals surface area contributed by atoms with Gasteiger partial charge in [0.25, 0.3) is 0 Å². The molecule has 5 nitrogen and oxygen atoms in total. The average molecular weight is 233 g/mol. The monoisotopic (exact) mass is 233 g/mol. The van der Waals surface area contributed by atoms with E-state index < -0.39 is 0 Å². The number of ether oxygens (including phenoxy) is 2. The molecule has 1 aliphatic rings. The van der Waals surface area contributed by atoms with Crippen LogP contribution in [-0.2, 0) is 13.9 Å². The second-order valence-corrected chi connectivity index (χ2v) is 5.30. The van der Waals surface area contributed by atoms with Crippen LogP contribution in [0.1, 0.15) is 13.3 Å². The quantitative estimate of drug-likeness (QED) is 0.383. The minimum atomic E-state index is -0.357. The molecule has 15 heavy (non-hydrogen) atoms. The minimum Gasteiger partial charge on any atom is -0.447 e. The molecule has 1 heterocycles. The van der Waals surface area contributed by atoms with Crippen molar-refractivity contribution in [3.8, 4) is 0 Å². The summed E-state index contributed by atoms with van der Waals surface area (Å²) >= 11 is 0. The number of nitrogens with one attached hydrogen (secondary N) is 1. The van der Waals surface area contributed by atoms with E-state index in [9.17, 15) is 4.79 Å². The lowest BCUT2D eigenvalue weighted by atomic mass is 10.4. The first kappa shape index (κ1) is 12.5. The lowest BCUT2D eigenvalue weighted by molar-refractivity contribution is 0.136. The van der Waals surface area contributed by atoms with E-state index in [2.05, 4.69) is 5.32 Å². The number of epoxide rings is 1. The van der Waals surface area contributed by atoms with Crippen LogP contribution in [0.2, 0.25) is 6.04 Å². The van der Waals surface area contributed by atoms with Crippen molar-refractivity contribution in [1.82, 2.24) is 5.32 Å². The van der Waals surface area contributed by atoms with Crippen LogP contribution in [0.3, 0.4) is 0 Å². The Balaban J connectivity index is 1.85. The second kappa shape index (κ2) is 6.81. The van der Waals surface area contributed by atoms with Gasteiger partial charge in [0.1, 0.15) is 12.7 Å². The highest BCUT2D eigenvalue weighted by Gasteiger charge is 2.35. The number of carbonyl (C=O) groups excluding carboxylic acids is 1. The summed E-state index contributed by atoms with van der Waals surface area (Å²) in [6.07, 6.45) is 0.963. The van der Waals surface area contributed by atoms with E-state index in [0.717, 1.165) is 12.5 Å². The third kappa shape index (κ3) is 5.76. The molecule has 0 aromatic heterocycles. The summed E-state index contributed by atoms with van der Waals surface area (Å²) in [5.41, 5.74) is 0. The van der Waals surface area contributed by atoms with E-state index in [1.165, 1.54) is 0 Å². The molecule has 0 spiro atoms. The fraction of sp³-hybridized carbons (Fsp3) is 0.889. The van der Waals surface area contributed by atoms with Crippen molar-refractivity contribution in [3.63, 3.8) is 0 Å². The SMILES string of the molecule is CO[SiH2]CCCNC(=O)OCC1OC1C. The van der Waals surface area contributed by atoms with Crippen LogP contribution in [0.5, 0.6) is 0 Å². The van der Waals surface area contributed by atoms with E-state index in [1.807, 2.05) is 6.92 Å². The summed E-state index contributed by atoms with van der Waals surface area (Å²) in [5, 5.41) is 2.69. The van der Waals surface area contributed by atoms with Gasteiger partial charge in [0.15, 0.2) is 9.76 Å². The Morgan fingerprint density at radius 2 is 2.33 bits per heavy atom. The van der Waals surface area contributed by atoms with E-state index >= 15 is 0 Å². The zero-order chi connectivity index (χ0) is 11.1. The van der Waals surface area contributed by atoms with Crippen LogP contribution in [0, 0.1) is 0 Å². The van der Waals surface area contributed by atoms with Crippen LogP contribution >= 0.6 is 0 Å². The Morgan fingerprint density at radius 3 is 2.93 bits per heavy atom. The molecule has 1 fully saturated rings. The molecule has 1 N–H and O–H groups in total. The van der Waals surface area contributed by atoms with Gasteiger partial charge in [0, 0.05) is 13.7 Å². The highest BCUT2D eigenvalue weighted by molar-refractivity contribution is 6.26. The van der Waals surface area contributed by atoms with Gasteiger partial charge in [0.05, 0.1) is 6.10 Å². The van der Waals surface area contributed by atoms with Gasteiger partial charge in [0.2, 0.25) is 0 Å². The van der Waals surface area contributed by atoms with Crippen LogP contribution in [0.25, 0.3) is 0 Å². The van der Waals surface area contributed by atoms with Crippen molar-refractivity contribution in [1.29, 1.82) is 0 Å². The van der Waals surface area contributed by atoms with Crippen molar-refractivity contribution in [2.45, 2.75) is 31.6 Å². The van der Waals surface area contributed by atoms with Gasteiger partial charge in [-0.05, 0) is 19.4 Å². The topological polar surface area (TPSA) is 60.1 Å². The van der Waals surface area contributed by atoms with E-state index in [1.54, 1.807) is 7.11 Å². The summed E-state index contributed by atoms with van der Waals surface area (Å²) in [5.74, 6) is 0. The molecule has 1 amide bonds. The highest BCUT2D eigenvalue weighted by Crippen LogP contribution is 2.20. The highest BCUT2D eigenvalue weighted by atomic mass is 28.2. The van der Waals surface area contributed by atoms with Crippen LogP contribution in [0.15, 0.2) is 0 Å². The van der Waals surface area contributed by atoms with Gasteiger partial charge in [-0.2, -0.15) is 0 Å². The maximum atomic E-state index is 11.1. The van der Waals surface area contributed by atoms with Crippen molar-refractivity contribution in [2.75, 3.05) is 20.3 Å². The summed E-state index contributed by atoms with van der Waals surface area (Å²) in [4.78, 5) is 11.1. The van der Waals surface area contributed by atoms with Gasteiger partial charge in [-0.1, -0.05) is 0 Å². The first-order valence-corrected chi connectivity index (χ1v) is 6.87. The first-order chi connectivity index (χ1) is 7.24. The third-order valence-corrected chi connectivity index (χ3v) is 3.46. The maximum Gasteiger partial charge on any atom is 0.407 e. The van der Waals surface area contributed by atoms with Crippen molar-refractivity contribution < 1.29 is 18.7 Å². The van der Waals surface area contributed by atoms with Crippen LogP contribution in [0.4, 0.5) is 4.79 Å². The maximum absolute atomic E-state index is 11.1. The molecule has 0 aromatic carbocycles.